The second-order valence-corrected chi connectivity index (χ2v) is 9.77. The van der Waals surface area contributed by atoms with Gasteiger partial charge in [0.15, 0.2) is 0 Å². The maximum Gasteiger partial charge on any atom is 0.119 e. The molecule has 0 spiro atoms. The Morgan fingerprint density at radius 2 is 1.74 bits per heavy atom. The summed E-state index contributed by atoms with van der Waals surface area (Å²) in [7, 11) is 0. The predicted molar refractivity (Wildman–Crippen MR) is 112 cm³/mol. The summed E-state index contributed by atoms with van der Waals surface area (Å²) in [6, 6.07) is 15.9. The summed E-state index contributed by atoms with van der Waals surface area (Å²) in [4.78, 5) is 5.58. The zero-order chi connectivity index (χ0) is 18.0. The number of hydrogen-bond acceptors (Lipinski definition) is 4. The van der Waals surface area contributed by atoms with Crippen LogP contribution in [-0.2, 0) is 5.41 Å². The number of benzene rings is 1. The zero-order valence-electron chi connectivity index (χ0n) is 14.9. The molecule has 0 amide bonds. The van der Waals surface area contributed by atoms with E-state index in [0.717, 1.165) is 19.4 Å². The van der Waals surface area contributed by atoms with Gasteiger partial charge in [-0.05, 0) is 47.4 Å². The summed E-state index contributed by atoms with van der Waals surface area (Å²) >= 11 is 3.75. The number of nitrogens with zero attached hydrogens (tertiary/aromatic N) is 1. The molecule has 1 aliphatic carbocycles. The van der Waals surface area contributed by atoms with Crippen molar-refractivity contribution in [2.24, 2.45) is 0 Å². The molecule has 27 heavy (non-hydrogen) atoms. The number of thiophene rings is 2. The molecule has 7 rings (SSSR count). The molecule has 4 aliphatic rings. The van der Waals surface area contributed by atoms with Gasteiger partial charge in [0, 0.05) is 45.3 Å². The first kappa shape index (κ1) is 16.1. The van der Waals surface area contributed by atoms with E-state index in [1.165, 1.54) is 20.9 Å². The second kappa shape index (κ2) is 5.81. The highest BCUT2D eigenvalue weighted by molar-refractivity contribution is 7.11. The minimum absolute atomic E-state index is 0.0365. The van der Waals surface area contributed by atoms with Crippen LogP contribution in [0.15, 0.2) is 65.4 Å². The van der Waals surface area contributed by atoms with Gasteiger partial charge in [0.05, 0.1) is 0 Å². The molecule has 2 nitrogen and oxygen atoms in total. The third-order valence-electron chi connectivity index (χ3n) is 6.83. The molecular weight excluding hydrogens is 370 g/mol. The van der Waals surface area contributed by atoms with E-state index in [-0.39, 0.29) is 11.3 Å². The molecule has 0 radical (unpaired) electrons. The van der Waals surface area contributed by atoms with E-state index < -0.39 is 0 Å². The normalized spacial score (nSPS) is 28.1. The van der Waals surface area contributed by atoms with Crippen molar-refractivity contribution in [3.8, 4) is 5.75 Å². The van der Waals surface area contributed by atoms with E-state index >= 15 is 0 Å². The molecule has 5 heterocycles. The number of phenols is 1. The van der Waals surface area contributed by atoms with Crippen molar-refractivity contribution in [3.63, 3.8) is 0 Å². The van der Waals surface area contributed by atoms with Crippen LogP contribution in [0.5, 0.6) is 5.75 Å². The predicted octanol–water partition coefficient (Wildman–Crippen LogP) is 5.67. The lowest BCUT2D eigenvalue weighted by molar-refractivity contribution is 0.0145. The van der Waals surface area contributed by atoms with Crippen molar-refractivity contribution in [2.75, 3.05) is 6.54 Å². The van der Waals surface area contributed by atoms with Gasteiger partial charge in [-0.15, -0.1) is 22.7 Å². The highest BCUT2D eigenvalue weighted by atomic mass is 32.1. The van der Waals surface area contributed by atoms with E-state index in [1.807, 2.05) is 34.8 Å². The van der Waals surface area contributed by atoms with Crippen molar-refractivity contribution in [1.82, 2.24) is 4.90 Å². The summed E-state index contributed by atoms with van der Waals surface area (Å²) in [5, 5.41) is 15.4. The number of phenolic OH excluding ortho intramolecular Hbond substituents is 1. The monoisotopic (exact) mass is 391 g/mol. The highest BCUT2D eigenvalue weighted by Gasteiger charge is 2.60. The summed E-state index contributed by atoms with van der Waals surface area (Å²) in [6.07, 6.45) is 6.82. The summed E-state index contributed by atoms with van der Waals surface area (Å²) in [5.41, 5.74) is 2.51. The number of piperidine rings is 1. The first-order valence-corrected chi connectivity index (χ1v) is 11.4. The molecule has 3 atom stereocenters. The minimum atomic E-state index is -0.0365. The lowest BCUT2D eigenvalue weighted by Crippen LogP contribution is -2.60. The fourth-order valence-electron chi connectivity index (χ4n) is 5.89. The Balaban J connectivity index is 1.68. The standard InChI is InChI=1S/C23H21NOS2/c25-18-8-3-6-15-17-14-23(19-9-4-12-26-19,20-10-5-13-27-20)22(21(15)18)16-7-1-2-11-24(16)17/h1-6,8-10,12-13,16-17,22,25H,7,11,14H2/t16?,17-,22-/m0/s1. The van der Waals surface area contributed by atoms with Crippen molar-refractivity contribution in [3.05, 3.63) is 86.3 Å². The van der Waals surface area contributed by atoms with E-state index in [9.17, 15) is 5.11 Å². The minimum Gasteiger partial charge on any atom is -0.508 e. The number of fused-ring (bicyclic) bond motifs is 1. The lowest BCUT2D eigenvalue weighted by Gasteiger charge is -2.61. The zero-order valence-corrected chi connectivity index (χ0v) is 16.5. The van der Waals surface area contributed by atoms with Crippen LogP contribution in [-0.4, -0.2) is 22.6 Å². The Kier molecular flexibility index (Phi) is 3.46. The van der Waals surface area contributed by atoms with Crippen LogP contribution in [0.4, 0.5) is 0 Å². The largest absolute Gasteiger partial charge is 0.508 e. The third kappa shape index (κ3) is 2.04. The molecule has 1 unspecified atom stereocenters. The second-order valence-electron chi connectivity index (χ2n) is 7.87. The van der Waals surface area contributed by atoms with Crippen LogP contribution in [0, 0.1) is 0 Å². The molecule has 1 fully saturated rings. The van der Waals surface area contributed by atoms with Crippen molar-refractivity contribution in [2.45, 2.75) is 36.3 Å². The average Bonchev–Trinajstić information content (AvgIpc) is 3.43. The molecule has 136 valence electrons. The maximum atomic E-state index is 11.0. The highest BCUT2D eigenvalue weighted by Crippen LogP contribution is 2.65. The average molecular weight is 392 g/mol. The number of aromatic hydroxyl groups is 1. The Morgan fingerprint density at radius 1 is 0.963 bits per heavy atom. The molecule has 1 aromatic carbocycles. The molecule has 3 aromatic rings. The van der Waals surface area contributed by atoms with Gasteiger partial charge >= 0.3 is 0 Å². The van der Waals surface area contributed by atoms with Gasteiger partial charge in [0.2, 0.25) is 0 Å². The fraction of sp³-hybridized carbons (Fsp3) is 0.304. The van der Waals surface area contributed by atoms with E-state index in [2.05, 4.69) is 58.1 Å². The first-order chi connectivity index (χ1) is 13.3. The topological polar surface area (TPSA) is 23.5 Å². The molecule has 0 saturated carbocycles. The van der Waals surface area contributed by atoms with Gasteiger partial charge in [-0.2, -0.15) is 0 Å². The lowest BCUT2D eigenvalue weighted by atomic mass is 9.54. The van der Waals surface area contributed by atoms with Gasteiger partial charge in [-0.3, -0.25) is 4.90 Å². The van der Waals surface area contributed by atoms with E-state index in [0.29, 0.717) is 17.8 Å². The molecule has 1 N–H and O–H groups in total. The van der Waals surface area contributed by atoms with Gasteiger partial charge in [-0.1, -0.05) is 36.4 Å². The Bertz CT molecular complexity index is 971. The third-order valence-corrected chi connectivity index (χ3v) is 8.92. The summed E-state index contributed by atoms with van der Waals surface area (Å²) in [6.45, 7) is 1.02. The van der Waals surface area contributed by atoms with Crippen LogP contribution >= 0.6 is 22.7 Å². The molecule has 2 bridgehead atoms. The van der Waals surface area contributed by atoms with Gasteiger partial charge < -0.3 is 5.11 Å². The smallest absolute Gasteiger partial charge is 0.119 e. The molecular formula is C23H21NOS2. The summed E-state index contributed by atoms with van der Waals surface area (Å²) < 4.78 is 0. The van der Waals surface area contributed by atoms with Crippen LogP contribution in [0.1, 0.15) is 45.7 Å². The Hall–Kier alpha value is -1.88. The van der Waals surface area contributed by atoms with Gasteiger partial charge in [-0.25, -0.2) is 0 Å². The van der Waals surface area contributed by atoms with Crippen LogP contribution < -0.4 is 0 Å². The maximum absolute atomic E-state index is 11.0. The van der Waals surface area contributed by atoms with Crippen molar-refractivity contribution >= 4 is 22.7 Å². The van der Waals surface area contributed by atoms with Crippen LogP contribution in [0.3, 0.4) is 0 Å². The van der Waals surface area contributed by atoms with Gasteiger partial charge in [0.25, 0.3) is 0 Å². The molecule has 4 heteroatoms. The summed E-state index contributed by atoms with van der Waals surface area (Å²) in [5.74, 6) is 0.759. The molecule has 3 aliphatic heterocycles. The molecule has 1 saturated heterocycles. The van der Waals surface area contributed by atoms with E-state index in [4.69, 9.17) is 0 Å². The quantitative estimate of drug-likeness (QED) is 0.569. The van der Waals surface area contributed by atoms with Gasteiger partial charge in [0.1, 0.15) is 5.75 Å². The van der Waals surface area contributed by atoms with E-state index in [1.54, 1.807) is 0 Å². The van der Waals surface area contributed by atoms with Crippen molar-refractivity contribution in [1.29, 1.82) is 0 Å². The van der Waals surface area contributed by atoms with Crippen molar-refractivity contribution < 1.29 is 5.11 Å². The number of hydrogen-bond donors (Lipinski definition) is 1. The fourth-order valence-corrected chi connectivity index (χ4v) is 7.93. The Morgan fingerprint density at radius 3 is 2.44 bits per heavy atom. The number of rotatable bonds is 2. The Labute approximate surface area is 167 Å². The first-order valence-electron chi connectivity index (χ1n) is 9.61. The van der Waals surface area contributed by atoms with Crippen LogP contribution in [0.25, 0.3) is 0 Å². The van der Waals surface area contributed by atoms with Crippen LogP contribution in [0.2, 0.25) is 0 Å². The molecule has 2 aromatic heterocycles. The SMILES string of the molecule is Oc1cccc2c1[C@@H]1C3CC=CCN3[C@H]2CC1(c1cccs1)c1cccs1.